The Morgan fingerprint density at radius 1 is 1.62 bits per heavy atom. The van der Waals surface area contributed by atoms with Gasteiger partial charge in [0.25, 0.3) is 12.1 Å². The standard InChI is InChI=1S/C9H11N2O3PS/c1-3-14-15(13)7(2)6-11-8(12)4-5-10-9(11)16-15/h4-6H,3H2,1-2H3. The van der Waals surface area contributed by atoms with Crippen LogP contribution in [0.1, 0.15) is 13.8 Å². The van der Waals surface area contributed by atoms with E-state index in [2.05, 4.69) is 4.98 Å². The highest BCUT2D eigenvalue weighted by molar-refractivity contribution is 8.57. The van der Waals surface area contributed by atoms with E-state index in [1.807, 2.05) is 0 Å². The summed E-state index contributed by atoms with van der Waals surface area (Å²) >= 11 is 1.02. The van der Waals surface area contributed by atoms with Gasteiger partial charge in [0.15, 0.2) is 5.16 Å². The van der Waals surface area contributed by atoms with E-state index in [1.165, 1.54) is 23.0 Å². The van der Waals surface area contributed by atoms with E-state index in [4.69, 9.17) is 4.52 Å². The van der Waals surface area contributed by atoms with E-state index in [0.29, 0.717) is 17.1 Å². The van der Waals surface area contributed by atoms with Gasteiger partial charge in [0, 0.05) is 35.2 Å². The van der Waals surface area contributed by atoms with Crippen molar-refractivity contribution in [2.75, 3.05) is 6.61 Å². The molecule has 0 spiro atoms. The van der Waals surface area contributed by atoms with Crippen molar-refractivity contribution in [3.8, 4) is 0 Å². The highest BCUT2D eigenvalue weighted by Gasteiger charge is 2.33. The van der Waals surface area contributed by atoms with E-state index in [1.54, 1.807) is 13.8 Å². The highest BCUT2D eigenvalue weighted by atomic mass is 32.7. The molecule has 0 amide bonds. The molecule has 2 rings (SSSR count). The summed E-state index contributed by atoms with van der Waals surface area (Å²) in [5.41, 5.74) is -0.181. The fourth-order valence-corrected chi connectivity index (χ4v) is 4.97. The normalized spacial score (nSPS) is 23.8. The first kappa shape index (κ1) is 11.6. The Balaban J connectivity index is 2.55. The molecule has 1 aromatic rings. The van der Waals surface area contributed by atoms with Gasteiger partial charge in [-0.05, 0) is 13.8 Å². The molecule has 1 unspecified atom stereocenters. The molecule has 0 N–H and O–H groups in total. The Hall–Kier alpha value is -0.840. The van der Waals surface area contributed by atoms with Gasteiger partial charge >= 0.3 is 0 Å². The Bertz CT molecular complexity index is 552. The van der Waals surface area contributed by atoms with Crippen molar-refractivity contribution in [2.24, 2.45) is 0 Å². The second kappa shape index (κ2) is 4.20. The third-order valence-corrected chi connectivity index (χ3v) is 6.77. The number of nitrogens with zero attached hydrogens (tertiary/aromatic N) is 2. The molecule has 16 heavy (non-hydrogen) atoms. The third kappa shape index (κ3) is 1.88. The number of fused-ring (bicyclic) bond motifs is 1. The Labute approximate surface area is 96.7 Å². The smallest absolute Gasteiger partial charge is 0.291 e. The van der Waals surface area contributed by atoms with Crippen LogP contribution < -0.4 is 5.56 Å². The monoisotopic (exact) mass is 258 g/mol. The molecule has 0 aliphatic carbocycles. The quantitative estimate of drug-likeness (QED) is 0.602. The molecule has 1 atom stereocenters. The van der Waals surface area contributed by atoms with Crippen LogP contribution in [0.4, 0.5) is 0 Å². The van der Waals surface area contributed by atoms with Crippen molar-refractivity contribution >= 4 is 24.2 Å². The van der Waals surface area contributed by atoms with Gasteiger partial charge in [-0.3, -0.25) is 13.9 Å². The molecule has 86 valence electrons. The van der Waals surface area contributed by atoms with Crippen LogP contribution in [-0.4, -0.2) is 16.2 Å². The summed E-state index contributed by atoms with van der Waals surface area (Å²) in [6.45, 7) is 0.952. The van der Waals surface area contributed by atoms with Gasteiger partial charge < -0.3 is 4.52 Å². The first-order valence-electron chi connectivity index (χ1n) is 4.77. The molecule has 0 saturated carbocycles. The van der Waals surface area contributed by atoms with Crippen molar-refractivity contribution in [1.82, 2.24) is 9.55 Å². The van der Waals surface area contributed by atoms with Gasteiger partial charge in [-0.25, -0.2) is 4.98 Å². The third-order valence-electron chi connectivity index (χ3n) is 2.09. The van der Waals surface area contributed by atoms with Gasteiger partial charge in [0.2, 0.25) is 0 Å². The Morgan fingerprint density at radius 2 is 2.38 bits per heavy atom. The van der Waals surface area contributed by atoms with Crippen molar-refractivity contribution in [1.29, 1.82) is 0 Å². The molecule has 7 heteroatoms. The predicted molar refractivity (Wildman–Crippen MR) is 63.5 cm³/mol. The number of allylic oxidation sites excluding steroid dienone is 1. The second-order valence-corrected chi connectivity index (χ2v) is 7.71. The number of hydrogen-bond acceptors (Lipinski definition) is 5. The van der Waals surface area contributed by atoms with Crippen LogP contribution in [-0.2, 0) is 9.09 Å². The van der Waals surface area contributed by atoms with Gasteiger partial charge in [-0.15, -0.1) is 0 Å². The molecule has 1 aliphatic heterocycles. The van der Waals surface area contributed by atoms with Crippen LogP contribution in [0.3, 0.4) is 0 Å². The fraction of sp³-hybridized carbons (Fsp3) is 0.333. The van der Waals surface area contributed by atoms with Crippen LogP contribution in [0.25, 0.3) is 6.20 Å². The zero-order valence-electron chi connectivity index (χ0n) is 8.91. The van der Waals surface area contributed by atoms with Gasteiger partial charge in [-0.1, -0.05) is 0 Å². The lowest BCUT2D eigenvalue weighted by atomic mass is 10.6. The molecule has 0 aromatic carbocycles. The van der Waals surface area contributed by atoms with E-state index in [9.17, 15) is 9.36 Å². The summed E-state index contributed by atoms with van der Waals surface area (Å²) in [6.07, 6.45) is 2.95. The van der Waals surface area contributed by atoms with Crippen LogP contribution in [0.5, 0.6) is 0 Å². The molecular formula is C9H11N2O3PS. The van der Waals surface area contributed by atoms with Crippen molar-refractivity contribution < 1.29 is 9.09 Å². The summed E-state index contributed by atoms with van der Waals surface area (Å²) in [5.74, 6) is 0. The van der Waals surface area contributed by atoms with Crippen LogP contribution in [0, 0.1) is 0 Å². The predicted octanol–water partition coefficient (Wildman–Crippen LogP) is 2.40. The lowest BCUT2D eigenvalue weighted by Crippen LogP contribution is -2.19. The minimum atomic E-state index is -2.90. The molecule has 5 nitrogen and oxygen atoms in total. The molecule has 1 aromatic heterocycles. The topological polar surface area (TPSA) is 61.2 Å². The molecule has 0 radical (unpaired) electrons. The minimum Gasteiger partial charge on any atom is -0.318 e. The first-order chi connectivity index (χ1) is 7.57. The number of rotatable bonds is 2. The molecule has 1 aliphatic rings. The summed E-state index contributed by atoms with van der Waals surface area (Å²) < 4.78 is 19.0. The maximum Gasteiger partial charge on any atom is 0.291 e. The van der Waals surface area contributed by atoms with Crippen LogP contribution in [0.15, 0.2) is 27.5 Å². The summed E-state index contributed by atoms with van der Waals surface area (Å²) in [4.78, 5) is 15.5. The summed E-state index contributed by atoms with van der Waals surface area (Å²) in [6, 6.07) is 1.37. The first-order valence-corrected chi connectivity index (χ1v) is 7.82. The second-order valence-electron chi connectivity index (χ2n) is 3.21. The van der Waals surface area contributed by atoms with Crippen molar-refractivity contribution in [3.63, 3.8) is 0 Å². The number of aromatic nitrogens is 2. The van der Waals surface area contributed by atoms with E-state index < -0.39 is 6.57 Å². The zero-order valence-corrected chi connectivity index (χ0v) is 10.6. The maximum atomic E-state index is 12.4. The minimum absolute atomic E-state index is 0.181. The lowest BCUT2D eigenvalue weighted by molar-refractivity contribution is 0.350. The average Bonchev–Trinajstić information content (AvgIpc) is 2.22. The lowest BCUT2D eigenvalue weighted by Gasteiger charge is -2.22. The summed E-state index contributed by atoms with van der Waals surface area (Å²) in [7, 11) is 0. The van der Waals surface area contributed by atoms with Gasteiger partial charge in [0.1, 0.15) is 0 Å². The molecule has 0 bridgehead atoms. The highest BCUT2D eigenvalue weighted by Crippen LogP contribution is 2.69. The van der Waals surface area contributed by atoms with Gasteiger partial charge in [-0.2, -0.15) is 0 Å². The summed E-state index contributed by atoms with van der Waals surface area (Å²) in [5, 5.41) is 0.983. The Kier molecular flexibility index (Phi) is 3.06. The molecule has 2 heterocycles. The van der Waals surface area contributed by atoms with E-state index in [-0.39, 0.29) is 5.56 Å². The van der Waals surface area contributed by atoms with Gasteiger partial charge in [0.05, 0.1) is 6.61 Å². The van der Waals surface area contributed by atoms with Crippen LogP contribution >= 0.6 is 18.0 Å². The van der Waals surface area contributed by atoms with E-state index in [0.717, 1.165) is 11.4 Å². The zero-order chi connectivity index (χ0) is 11.8. The largest absolute Gasteiger partial charge is 0.318 e. The molecule has 0 fully saturated rings. The van der Waals surface area contributed by atoms with Crippen LogP contribution in [0.2, 0.25) is 0 Å². The fourth-order valence-electron chi connectivity index (χ4n) is 1.32. The maximum absolute atomic E-state index is 12.4. The van der Waals surface area contributed by atoms with E-state index >= 15 is 0 Å². The van der Waals surface area contributed by atoms with Crippen molar-refractivity contribution in [3.05, 3.63) is 27.9 Å². The molecular weight excluding hydrogens is 247 g/mol. The SMILES string of the molecule is CCOP1(=O)Sc2nccc(=O)n2C=C1C. The average molecular weight is 258 g/mol. The molecule has 0 saturated heterocycles. The Morgan fingerprint density at radius 3 is 3.06 bits per heavy atom. The van der Waals surface area contributed by atoms with Crippen molar-refractivity contribution in [2.45, 2.75) is 19.0 Å². The number of hydrogen-bond donors (Lipinski definition) is 0.